The highest BCUT2D eigenvalue weighted by Gasteiger charge is 2.37. The zero-order chi connectivity index (χ0) is 150. The highest BCUT2D eigenvalue weighted by atomic mass is 14.9. The van der Waals surface area contributed by atoms with Gasteiger partial charge in [-0.15, -0.1) is 0 Å². The smallest absolute Gasteiger partial charge is 0.0652 e. The van der Waals surface area contributed by atoms with Crippen LogP contribution < -0.4 is 0 Å². The van der Waals surface area contributed by atoms with Crippen LogP contribution in [0.2, 0.25) is 0 Å². The third kappa shape index (κ3) is 9.31. The first-order chi connectivity index (χ1) is 87.8. The summed E-state index contributed by atoms with van der Waals surface area (Å²) >= 11 is 0. The van der Waals surface area contributed by atoms with Gasteiger partial charge in [-0.25, -0.2) is 0 Å². The summed E-state index contributed by atoms with van der Waals surface area (Å²) in [5.41, 5.74) is -105. The second kappa shape index (κ2) is 21.5. The van der Waals surface area contributed by atoms with Crippen LogP contribution in [0, 0.1) is 0 Å². The molecule has 4 aromatic heterocycles. The summed E-state index contributed by atoms with van der Waals surface area (Å²) < 4.78 is 925. The van der Waals surface area contributed by atoms with Crippen molar-refractivity contribution in [2.45, 2.75) is 156 Å². The van der Waals surface area contributed by atoms with Gasteiger partial charge in [-0.1, -0.05) is 305 Å². The van der Waals surface area contributed by atoms with Crippen LogP contribution in [0.25, 0.3) is 187 Å². The van der Waals surface area contributed by atoms with Crippen LogP contribution in [0.4, 0.5) is 0 Å². The second-order valence-electron chi connectivity index (χ2n) is 24.8. The van der Waals surface area contributed by atoms with Gasteiger partial charge in [-0.3, -0.25) is 0 Å². The number of fused-ring (bicyclic) bond motifs is 28. The molecule has 2 nitrogen and oxygen atoms in total. The Balaban J connectivity index is 1.48. The van der Waals surface area contributed by atoms with Gasteiger partial charge in [0.15, 0.2) is 0 Å². The van der Waals surface area contributed by atoms with E-state index in [0.29, 0.717) is 0 Å². The molecule has 0 radical (unpaired) electrons. The molecular formula is C102H92N2. The Morgan fingerprint density at radius 1 is 0.212 bits per heavy atom. The molecule has 2 aliphatic carbocycles. The standard InChI is InChI=1S/C102H92N2/c1-97(2,3)59-43-57(44-60(47-59)98(4,5)6)89-91-85-51-63(101(13,14)15)49-83-82-54-78-74-40-28-24-36-70(74)66-32-20-22-34-68(66)72-38-26-30-42-76(72)80(78)56-88(82)104(93(83)85)96(91)90(58-45-61(99(7,8)9)48-62(46-58)100(10,11)12)92-86-52-64(102(16,17)18)50-84-81-53-77-73-39-27-23-35-69(73)65-31-19-21-33-67(65)71-37-25-29-41-75(71)79(77)55-87(81)103(94(84)86)95(89)92/h19-56H,1-18H3/i1D3,2D3,3D3,4D3,5D3,6D3,7D3,8D3,9D3,10D3,11D3,12D3,13D3,14D3,15D3,16D3,17D3,18D3,19D,20D,21D,22D,23D,24D,25D,26D,27D,28D,29D,30D,31D,32D,33D,34D,35D,36D,37D,38D,39D,40D,41D,42D,43D,44D,45D,46D,47D,48D,49D,50D,51D,52D,53D,54D,55D,56D. The summed E-state index contributed by atoms with van der Waals surface area (Å²) in [5.74, 6) is 0. The van der Waals surface area contributed by atoms with E-state index in [0.717, 1.165) is 0 Å². The van der Waals surface area contributed by atoms with E-state index in [1.54, 1.807) is 0 Å². The lowest BCUT2D eigenvalue weighted by Crippen LogP contribution is -2.17. The summed E-state index contributed by atoms with van der Waals surface area (Å²) in [6.45, 7) is -99.4. The molecule has 0 N–H and O–H groups in total. The van der Waals surface area contributed by atoms with Crippen molar-refractivity contribution in [3.05, 3.63) is 263 Å². The number of nitrogens with zero attached hydrogens (tertiary/aromatic N) is 2. The maximum atomic E-state index is 12.0. The minimum absolute atomic E-state index is 0.353. The molecule has 510 valence electrons. The molecule has 13 aromatic carbocycles. The molecular weight excluding hydrogens is 1250 g/mol. The van der Waals surface area contributed by atoms with E-state index in [1.165, 1.54) is 0 Å². The van der Waals surface area contributed by atoms with Crippen molar-refractivity contribution in [3.63, 3.8) is 0 Å². The molecule has 2 heteroatoms. The van der Waals surface area contributed by atoms with Crippen LogP contribution >= 0.6 is 0 Å². The monoisotopic (exact) mass is 1440 g/mol. The zero-order valence-electron chi connectivity index (χ0n) is 144. The van der Waals surface area contributed by atoms with Crippen LogP contribution in [0.1, 0.15) is 283 Å². The number of hydrogen-bond donors (Lipinski definition) is 0. The highest BCUT2D eigenvalue weighted by molar-refractivity contribution is 6.39. The topological polar surface area (TPSA) is 8.82 Å². The molecule has 0 aliphatic heterocycles. The molecule has 19 rings (SSSR count). The van der Waals surface area contributed by atoms with Gasteiger partial charge in [0, 0.05) is 128 Å². The first kappa shape index (κ1) is 19.3. The first-order valence-electron chi connectivity index (χ1n) is 76.3. The zero-order valence-corrected chi connectivity index (χ0v) is 51.9. The minimum atomic E-state index is -5.85. The van der Waals surface area contributed by atoms with E-state index < -0.39 is 606 Å². The first-order valence-corrected chi connectivity index (χ1v) is 30.3. The van der Waals surface area contributed by atoms with E-state index in [1.807, 2.05) is 0 Å². The van der Waals surface area contributed by atoms with Crippen molar-refractivity contribution in [1.29, 1.82) is 0 Å². The average molecular weight is 1440 g/mol. The van der Waals surface area contributed by atoms with Crippen LogP contribution in [0.5, 0.6) is 0 Å². The average Bonchev–Trinajstić information content (AvgIpc) is 1.46. The fraction of sp³-hybridized carbons (Fsp3) is 0.235. The van der Waals surface area contributed by atoms with Gasteiger partial charge in [0.2, 0.25) is 0 Å². The Morgan fingerprint density at radius 2 is 0.423 bits per heavy atom. The summed E-state index contributed by atoms with van der Waals surface area (Å²) in [5, 5.41) is -18.9. The van der Waals surface area contributed by atoms with Gasteiger partial charge in [-0.2, -0.15) is 0 Å². The molecule has 0 saturated carbocycles. The largest absolute Gasteiger partial charge is 0.307 e. The predicted octanol–water partition coefficient (Wildman–Crippen LogP) is 29.1. The van der Waals surface area contributed by atoms with Crippen LogP contribution in [0.3, 0.4) is 0 Å². The maximum absolute atomic E-state index is 12.0. The Kier molecular flexibility index (Phi) is 4.00. The molecule has 0 saturated heterocycles. The lowest BCUT2D eigenvalue weighted by Gasteiger charge is -2.28. The van der Waals surface area contributed by atoms with Gasteiger partial charge in [0.05, 0.1) is 85.2 Å². The van der Waals surface area contributed by atoms with Gasteiger partial charge in [-0.05, 0) is 214 Å². The molecule has 4 heterocycles. The van der Waals surface area contributed by atoms with Crippen molar-refractivity contribution < 1.29 is 126 Å². The van der Waals surface area contributed by atoms with Gasteiger partial charge < -0.3 is 8.80 Å². The molecule has 0 bridgehead atoms. The molecule has 104 heavy (non-hydrogen) atoms. The van der Waals surface area contributed by atoms with Crippen LogP contribution in [-0.2, 0) is 32.5 Å². The summed E-state index contributed by atoms with van der Waals surface area (Å²) in [6.07, 6.45) is 0. The maximum Gasteiger partial charge on any atom is 0.0652 e. The minimum Gasteiger partial charge on any atom is -0.307 e. The Hall–Kier alpha value is -10.5. The van der Waals surface area contributed by atoms with Gasteiger partial charge >= 0.3 is 0 Å². The van der Waals surface area contributed by atoms with Crippen molar-refractivity contribution in [2.24, 2.45) is 0 Å². The highest BCUT2D eigenvalue weighted by Crippen LogP contribution is 2.60. The van der Waals surface area contributed by atoms with Crippen molar-refractivity contribution in [2.75, 3.05) is 0 Å². The molecule has 0 fully saturated rings. The molecule has 0 atom stereocenters. The van der Waals surface area contributed by atoms with E-state index in [2.05, 4.69) is 0 Å². The summed E-state index contributed by atoms with van der Waals surface area (Å²) in [7, 11) is 0. The summed E-state index contributed by atoms with van der Waals surface area (Å²) in [4.78, 5) is 0. The molecule has 17 aromatic rings. The Bertz CT molecular complexity index is 10200. The fourth-order valence-corrected chi connectivity index (χ4v) is 13.9. The quantitative estimate of drug-likeness (QED) is 0.163. The van der Waals surface area contributed by atoms with Crippen LogP contribution in [0.15, 0.2) is 230 Å². The Labute approximate surface area is 742 Å². The lowest BCUT2D eigenvalue weighted by molar-refractivity contribution is 0.568. The number of aromatic nitrogens is 2. The van der Waals surface area contributed by atoms with Gasteiger partial charge in [0.1, 0.15) is 0 Å². The third-order valence-electron chi connectivity index (χ3n) is 18.1. The number of benzene rings is 13. The molecule has 0 unspecified atom stereocenters. The van der Waals surface area contributed by atoms with Gasteiger partial charge in [0.25, 0.3) is 0 Å². The third-order valence-corrected chi connectivity index (χ3v) is 18.1. The molecule has 0 amide bonds. The SMILES string of the molecule is [2H]c1c([2H])c([2H])c2c(c1[2H])-c1c([2H])c([2H])c([2H])c([2H])c1-c1c(c([2H])c3c(c1[2H])c1c([2H])c(C(C([2H])([2H])[2H])(C([2H])([2H])[2H])C([2H])([2H])[2H])c([2H])c4c5c(-c6c([2H])c(C(C([2H])([2H])[2H])(C([2H])([2H])[2H])C([2H])([2H])[2H])c([2H])c(C(C([2H])([2H])[2H])(C([2H])([2H])[2H])C([2H])([2H])[2H])c6[2H])c6c(c(-c7c([2H])c(C(C([2H])([2H])[2H])(C([2H])([2H])[2H])C([2H])([2H])[2H])c([2H])c(C(C([2H])([2H])[2H])(C([2H])([2H])[2H])C([2H])([2H])[2H])c7[2H])c5n3c14)c1c([2H])c(C(C([2H])([2H])[2H])(C([2H])([2H])[2H])C([2H])([2H])[2H])c([2H])c3c4c([2H])c5c(c([2H])c4n6c31)-c1c([2H])c([2H])c([2H])c([2H])c1-c1c([2H])c([2H])c([2H])c([2H])c1-c1c([2H])c([2H])c([2H])c([2H])c1-5)-c1c([2H])c([2H])c([2H])c([2H])c1-2. The number of rotatable bonds is 2. The van der Waals surface area contributed by atoms with Crippen molar-refractivity contribution in [1.82, 2.24) is 8.80 Å². The van der Waals surface area contributed by atoms with E-state index in [-0.39, 0.29) is 8.80 Å². The van der Waals surface area contributed by atoms with Crippen LogP contribution in [-0.4, -0.2) is 8.80 Å². The van der Waals surface area contributed by atoms with E-state index in [4.69, 9.17) is 0 Å². The van der Waals surface area contributed by atoms with E-state index >= 15 is 0 Å². The molecule has 0 spiro atoms. The summed E-state index contributed by atoms with van der Waals surface area (Å²) in [6, 6.07) is -77.9. The normalized spacial score (nSPS) is 28.5. The Morgan fingerprint density at radius 3 is 0.663 bits per heavy atom. The number of hydrogen-bond acceptors (Lipinski definition) is 0. The van der Waals surface area contributed by atoms with Crippen molar-refractivity contribution >= 4 is 76.2 Å². The second-order valence-corrected chi connectivity index (χ2v) is 24.8. The lowest BCUT2D eigenvalue weighted by atomic mass is 9.77. The predicted molar refractivity (Wildman–Crippen MR) is 449 cm³/mol. The fourth-order valence-electron chi connectivity index (χ4n) is 13.9. The van der Waals surface area contributed by atoms with E-state index in [9.17, 15) is 126 Å². The van der Waals surface area contributed by atoms with Crippen molar-refractivity contribution in [3.8, 4) is 111 Å². The molecule has 2 aliphatic rings.